The highest BCUT2D eigenvalue weighted by atomic mass is 19.1. The molecule has 2 aliphatic rings. The standard InChI is InChI=1S/C22H35F2N5O/c1-25-21(26-16-22(28(2)3)9-12-30-13-10-22)27-17-6-5-11-29(14-17)15-18-19(23)7-4-8-20(18)24/h4,7-8,17H,5-6,9-16H2,1-3H3,(H2,25,26,27). The second kappa shape index (κ2) is 10.5. The van der Waals surface area contributed by atoms with Crippen LogP contribution in [0, 0.1) is 11.6 Å². The van der Waals surface area contributed by atoms with Gasteiger partial charge in [0.05, 0.1) is 0 Å². The lowest BCUT2D eigenvalue weighted by atomic mass is 9.88. The number of hydrogen-bond donors (Lipinski definition) is 2. The van der Waals surface area contributed by atoms with Gasteiger partial charge in [-0.05, 0) is 58.5 Å². The van der Waals surface area contributed by atoms with E-state index in [0.717, 1.165) is 64.5 Å². The van der Waals surface area contributed by atoms with Gasteiger partial charge in [0.25, 0.3) is 0 Å². The molecule has 1 unspecified atom stereocenters. The van der Waals surface area contributed by atoms with Gasteiger partial charge in [0, 0.05) is 57.0 Å². The second-order valence-electron chi connectivity index (χ2n) is 8.58. The molecule has 2 saturated heterocycles. The van der Waals surface area contributed by atoms with Gasteiger partial charge in [-0.2, -0.15) is 0 Å². The smallest absolute Gasteiger partial charge is 0.191 e. The summed E-state index contributed by atoms with van der Waals surface area (Å²) >= 11 is 0. The molecule has 2 N–H and O–H groups in total. The number of nitrogens with one attached hydrogen (secondary N) is 2. The first kappa shape index (κ1) is 22.9. The fourth-order valence-electron chi connectivity index (χ4n) is 4.39. The average Bonchev–Trinajstić information content (AvgIpc) is 2.74. The lowest BCUT2D eigenvalue weighted by Crippen LogP contribution is -2.58. The van der Waals surface area contributed by atoms with E-state index in [-0.39, 0.29) is 23.7 Å². The summed E-state index contributed by atoms with van der Waals surface area (Å²) in [5.74, 6) is -0.187. The molecule has 0 saturated carbocycles. The van der Waals surface area contributed by atoms with Gasteiger partial charge in [0.1, 0.15) is 11.6 Å². The van der Waals surface area contributed by atoms with Crippen LogP contribution in [0.5, 0.6) is 0 Å². The van der Waals surface area contributed by atoms with Crippen LogP contribution in [-0.2, 0) is 11.3 Å². The van der Waals surface area contributed by atoms with Gasteiger partial charge in [0.2, 0.25) is 0 Å². The third-order valence-electron chi connectivity index (χ3n) is 6.47. The lowest BCUT2D eigenvalue weighted by Gasteiger charge is -2.43. The van der Waals surface area contributed by atoms with Crippen molar-refractivity contribution in [2.24, 2.45) is 4.99 Å². The van der Waals surface area contributed by atoms with E-state index in [1.54, 1.807) is 7.05 Å². The molecule has 0 aliphatic carbocycles. The van der Waals surface area contributed by atoms with E-state index in [1.165, 1.54) is 18.2 Å². The highest BCUT2D eigenvalue weighted by molar-refractivity contribution is 5.80. The van der Waals surface area contributed by atoms with E-state index in [4.69, 9.17) is 4.74 Å². The monoisotopic (exact) mass is 423 g/mol. The number of hydrogen-bond acceptors (Lipinski definition) is 4. The molecule has 168 valence electrons. The van der Waals surface area contributed by atoms with Crippen molar-refractivity contribution >= 4 is 5.96 Å². The summed E-state index contributed by atoms with van der Waals surface area (Å²) in [5, 5.41) is 7.00. The van der Waals surface area contributed by atoms with E-state index in [2.05, 4.69) is 39.5 Å². The van der Waals surface area contributed by atoms with Crippen LogP contribution in [0.4, 0.5) is 8.78 Å². The molecule has 2 aliphatic heterocycles. The first-order valence-corrected chi connectivity index (χ1v) is 10.8. The minimum absolute atomic E-state index is 0.0524. The molecule has 30 heavy (non-hydrogen) atoms. The zero-order valence-electron chi connectivity index (χ0n) is 18.4. The Morgan fingerprint density at radius 3 is 2.60 bits per heavy atom. The molecule has 0 radical (unpaired) electrons. The maximum Gasteiger partial charge on any atom is 0.191 e. The number of aliphatic imine (C=N–C) groups is 1. The molecule has 0 amide bonds. The second-order valence-corrected chi connectivity index (χ2v) is 8.58. The van der Waals surface area contributed by atoms with E-state index in [0.29, 0.717) is 0 Å². The predicted molar refractivity (Wildman–Crippen MR) is 116 cm³/mol. The molecule has 8 heteroatoms. The summed E-state index contributed by atoms with van der Waals surface area (Å²) in [6.45, 7) is 4.18. The average molecular weight is 424 g/mol. The van der Waals surface area contributed by atoms with Crippen LogP contribution in [0.1, 0.15) is 31.2 Å². The molecule has 0 bridgehead atoms. The zero-order chi connectivity index (χ0) is 21.6. The Balaban J connectivity index is 1.55. The van der Waals surface area contributed by atoms with Crippen LogP contribution < -0.4 is 10.6 Å². The van der Waals surface area contributed by atoms with E-state index in [1.807, 2.05) is 0 Å². The number of piperidine rings is 1. The molecule has 2 fully saturated rings. The van der Waals surface area contributed by atoms with Crippen molar-refractivity contribution in [1.29, 1.82) is 0 Å². The van der Waals surface area contributed by atoms with Gasteiger partial charge in [-0.25, -0.2) is 8.78 Å². The number of ether oxygens (including phenoxy) is 1. The number of rotatable bonds is 6. The van der Waals surface area contributed by atoms with Gasteiger partial charge >= 0.3 is 0 Å². The molecular weight excluding hydrogens is 388 g/mol. The molecule has 1 atom stereocenters. The topological polar surface area (TPSA) is 52.1 Å². The number of benzene rings is 1. The SMILES string of the molecule is CN=C(NCC1(N(C)C)CCOCC1)NC1CCCN(Cc2c(F)cccc2F)C1. The van der Waals surface area contributed by atoms with Gasteiger partial charge < -0.3 is 20.3 Å². The first-order chi connectivity index (χ1) is 14.4. The quantitative estimate of drug-likeness (QED) is 0.543. The minimum atomic E-state index is -0.479. The molecule has 1 aromatic rings. The van der Waals surface area contributed by atoms with Gasteiger partial charge in [-0.15, -0.1) is 0 Å². The van der Waals surface area contributed by atoms with Gasteiger partial charge in [0.15, 0.2) is 5.96 Å². The van der Waals surface area contributed by atoms with E-state index in [9.17, 15) is 8.78 Å². The Morgan fingerprint density at radius 1 is 1.27 bits per heavy atom. The van der Waals surface area contributed by atoms with E-state index >= 15 is 0 Å². The van der Waals surface area contributed by atoms with Crippen molar-refractivity contribution in [3.8, 4) is 0 Å². The summed E-state index contributed by atoms with van der Waals surface area (Å²) in [5.41, 5.74) is 0.199. The summed E-state index contributed by atoms with van der Waals surface area (Å²) in [6, 6.07) is 4.23. The Bertz CT molecular complexity index is 701. The van der Waals surface area contributed by atoms with Crippen LogP contribution in [0.2, 0.25) is 0 Å². The zero-order valence-corrected chi connectivity index (χ0v) is 18.4. The van der Waals surface area contributed by atoms with Crippen LogP contribution >= 0.6 is 0 Å². The van der Waals surface area contributed by atoms with E-state index < -0.39 is 11.6 Å². The third-order valence-corrected chi connectivity index (χ3v) is 6.47. The molecule has 3 rings (SSSR count). The van der Waals surface area contributed by atoms with Crippen molar-refractivity contribution in [2.45, 2.75) is 43.8 Å². The third kappa shape index (κ3) is 5.68. The van der Waals surface area contributed by atoms with Gasteiger partial charge in [-0.1, -0.05) is 6.07 Å². The molecule has 2 heterocycles. The van der Waals surface area contributed by atoms with Crippen molar-refractivity contribution < 1.29 is 13.5 Å². The Labute approximate surface area is 178 Å². The fraction of sp³-hybridized carbons (Fsp3) is 0.682. The molecular formula is C22H35F2N5O. The molecule has 6 nitrogen and oxygen atoms in total. The van der Waals surface area contributed by atoms with Crippen LogP contribution in [0.15, 0.2) is 23.2 Å². The van der Waals surface area contributed by atoms with Crippen molar-refractivity contribution in [3.63, 3.8) is 0 Å². The van der Waals surface area contributed by atoms with Crippen LogP contribution in [-0.4, -0.2) is 81.3 Å². The first-order valence-electron chi connectivity index (χ1n) is 10.8. The maximum absolute atomic E-state index is 14.0. The van der Waals surface area contributed by atoms with Crippen molar-refractivity contribution in [2.75, 3.05) is 54.0 Å². The lowest BCUT2D eigenvalue weighted by molar-refractivity contribution is -0.00504. The van der Waals surface area contributed by atoms with Crippen LogP contribution in [0.3, 0.4) is 0 Å². The molecule has 1 aromatic carbocycles. The largest absolute Gasteiger partial charge is 0.381 e. The van der Waals surface area contributed by atoms with Gasteiger partial charge in [-0.3, -0.25) is 9.89 Å². The number of likely N-dealkylation sites (tertiary alicyclic amines) is 1. The number of nitrogens with zero attached hydrogens (tertiary/aromatic N) is 3. The minimum Gasteiger partial charge on any atom is -0.381 e. The Morgan fingerprint density at radius 2 is 1.97 bits per heavy atom. The normalized spacial score (nSPS) is 22.9. The fourth-order valence-corrected chi connectivity index (χ4v) is 4.39. The number of likely N-dealkylation sites (N-methyl/N-ethyl adjacent to an activating group) is 1. The van der Waals surface area contributed by atoms with Crippen molar-refractivity contribution in [1.82, 2.24) is 20.4 Å². The van der Waals surface area contributed by atoms with Crippen LogP contribution in [0.25, 0.3) is 0 Å². The summed E-state index contributed by atoms with van der Waals surface area (Å²) < 4.78 is 33.6. The Hall–Kier alpha value is -1.77. The van der Waals surface area contributed by atoms with Crippen molar-refractivity contribution in [3.05, 3.63) is 35.4 Å². The number of guanidine groups is 1. The highest BCUT2D eigenvalue weighted by Gasteiger charge is 2.35. The molecule has 0 aromatic heterocycles. The maximum atomic E-state index is 14.0. The summed E-state index contributed by atoms with van der Waals surface area (Å²) in [4.78, 5) is 8.79. The highest BCUT2D eigenvalue weighted by Crippen LogP contribution is 2.25. The summed E-state index contributed by atoms with van der Waals surface area (Å²) in [7, 11) is 6.01. The summed E-state index contributed by atoms with van der Waals surface area (Å²) in [6.07, 6.45) is 3.94. The number of halogens is 2. The molecule has 0 spiro atoms. The predicted octanol–water partition coefficient (Wildman–Crippen LogP) is 2.20. The Kier molecular flexibility index (Phi) is 8.02.